The highest BCUT2D eigenvalue weighted by atomic mass is 16.5. The highest BCUT2D eigenvalue weighted by Gasteiger charge is 2.32. The molecular weight excluding hydrogens is 278 g/mol. The molecule has 1 aliphatic rings. The summed E-state index contributed by atoms with van der Waals surface area (Å²) in [6, 6.07) is 6.53. The Morgan fingerprint density at radius 3 is 2.91 bits per heavy atom. The molecule has 1 aliphatic heterocycles. The number of ether oxygens (including phenoxy) is 1. The summed E-state index contributed by atoms with van der Waals surface area (Å²) in [6.45, 7) is 9.26. The summed E-state index contributed by atoms with van der Waals surface area (Å²) in [5.41, 5.74) is 0.891. The van der Waals surface area contributed by atoms with Gasteiger partial charge in [-0.2, -0.15) is 5.10 Å². The number of hydrogen-bond donors (Lipinski definition) is 1. The average Bonchev–Trinajstić information content (AvgIpc) is 3.14. The van der Waals surface area contributed by atoms with Crippen LogP contribution in [0.5, 0.6) is 0 Å². The number of H-pyrrole nitrogens is 1. The maximum atomic E-state index is 5.96. The predicted molar refractivity (Wildman–Crippen MR) is 85.4 cm³/mol. The van der Waals surface area contributed by atoms with Crippen molar-refractivity contribution in [2.75, 3.05) is 13.2 Å². The minimum atomic E-state index is -0.0272. The molecular formula is C17H25N3O2. The van der Waals surface area contributed by atoms with Crippen LogP contribution in [0.15, 0.2) is 28.8 Å². The second kappa shape index (κ2) is 6.26. The van der Waals surface area contributed by atoms with Gasteiger partial charge in [0.1, 0.15) is 11.5 Å². The SMILES string of the molecule is CCN(Cc1ccc(-c2ccn[nH]2)o1)[C@H]1CCOC(C)(C)C1. The van der Waals surface area contributed by atoms with Gasteiger partial charge in [-0.25, -0.2) is 0 Å². The van der Waals surface area contributed by atoms with Crippen molar-refractivity contribution < 1.29 is 9.15 Å². The fourth-order valence-corrected chi connectivity index (χ4v) is 3.21. The predicted octanol–water partition coefficient (Wildman–Crippen LogP) is 3.45. The van der Waals surface area contributed by atoms with Crippen LogP contribution in [0.1, 0.15) is 39.4 Å². The third-order valence-corrected chi connectivity index (χ3v) is 4.38. The first-order chi connectivity index (χ1) is 10.6. The van der Waals surface area contributed by atoms with E-state index in [0.717, 1.165) is 49.8 Å². The third kappa shape index (κ3) is 3.42. The van der Waals surface area contributed by atoms with Crippen LogP contribution in [0.25, 0.3) is 11.5 Å². The molecule has 1 saturated heterocycles. The molecule has 1 fully saturated rings. The molecule has 120 valence electrons. The minimum absolute atomic E-state index is 0.0272. The van der Waals surface area contributed by atoms with E-state index >= 15 is 0 Å². The molecule has 3 heterocycles. The van der Waals surface area contributed by atoms with Crippen LogP contribution < -0.4 is 0 Å². The number of aromatic nitrogens is 2. The zero-order valence-corrected chi connectivity index (χ0v) is 13.6. The molecule has 0 amide bonds. The van der Waals surface area contributed by atoms with Crippen molar-refractivity contribution in [1.82, 2.24) is 15.1 Å². The number of rotatable bonds is 5. The first-order valence-corrected chi connectivity index (χ1v) is 8.04. The lowest BCUT2D eigenvalue weighted by atomic mass is 9.92. The first kappa shape index (κ1) is 15.3. The molecule has 0 bridgehead atoms. The van der Waals surface area contributed by atoms with Crippen LogP contribution in [0.4, 0.5) is 0 Å². The van der Waals surface area contributed by atoms with Gasteiger partial charge in [-0.15, -0.1) is 0 Å². The Labute approximate surface area is 131 Å². The summed E-state index contributed by atoms with van der Waals surface area (Å²) in [5.74, 6) is 1.84. The first-order valence-electron chi connectivity index (χ1n) is 8.04. The lowest BCUT2D eigenvalue weighted by Gasteiger charge is -2.40. The van der Waals surface area contributed by atoms with Crippen LogP contribution in [-0.2, 0) is 11.3 Å². The Hall–Kier alpha value is -1.59. The van der Waals surface area contributed by atoms with Crippen molar-refractivity contribution in [1.29, 1.82) is 0 Å². The van der Waals surface area contributed by atoms with Crippen molar-refractivity contribution in [2.24, 2.45) is 0 Å². The molecule has 0 unspecified atom stereocenters. The fraction of sp³-hybridized carbons (Fsp3) is 0.588. The number of furan rings is 1. The van der Waals surface area contributed by atoms with Crippen LogP contribution in [0.2, 0.25) is 0 Å². The molecule has 5 nitrogen and oxygen atoms in total. The molecule has 5 heteroatoms. The van der Waals surface area contributed by atoms with Gasteiger partial charge in [0.05, 0.1) is 12.1 Å². The molecule has 2 aromatic rings. The lowest BCUT2D eigenvalue weighted by Crippen LogP contribution is -2.45. The zero-order chi connectivity index (χ0) is 15.6. The maximum Gasteiger partial charge on any atom is 0.152 e. The molecule has 0 radical (unpaired) electrons. The second-order valence-corrected chi connectivity index (χ2v) is 6.55. The fourth-order valence-electron chi connectivity index (χ4n) is 3.21. The summed E-state index contributed by atoms with van der Waals surface area (Å²) in [6.07, 6.45) is 3.89. The summed E-state index contributed by atoms with van der Waals surface area (Å²) in [4.78, 5) is 2.49. The number of nitrogens with zero attached hydrogens (tertiary/aromatic N) is 2. The van der Waals surface area contributed by atoms with E-state index < -0.39 is 0 Å². The van der Waals surface area contributed by atoms with E-state index in [2.05, 4.69) is 41.9 Å². The largest absolute Gasteiger partial charge is 0.458 e. The molecule has 1 atom stereocenters. The summed E-state index contributed by atoms with van der Waals surface area (Å²) in [5, 5.41) is 6.90. The van der Waals surface area contributed by atoms with Gasteiger partial charge in [0, 0.05) is 18.8 Å². The van der Waals surface area contributed by atoms with Gasteiger partial charge in [0.2, 0.25) is 0 Å². The van der Waals surface area contributed by atoms with Crippen LogP contribution in [-0.4, -0.2) is 39.9 Å². The van der Waals surface area contributed by atoms with Crippen LogP contribution in [0.3, 0.4) is 0 Å². The van der Waals surface area contributed by atoms with Crippen molar-refractivity contribution in [3.8, 4) is 11.5 Å². The maximum absolute atomic E-state index is 5.96. The normalized spacial score (nSPS) is 21.4. The Morgan fingerprint density at radius 2 is 2.23 bits per heavy atom. The van der Waals surface area contributed by atoms with E-state index in [9.17, 15) is 0 Å². The smallest absolute Gasteiger partial charge is 0.152 e. The van der Waals surface area contributed by atoms with Gasteiger partial charge < -0.3 is 9.15 Å². The Balaban J connectivity index is 1.68. The Kier molecular flexibility index (Phi) is 4.36. The van der Waals surface area contributed by atoms with E-state index in [1.165, 1.54) is 0 Å². The summed E-state index contributed by atoms with van der Waals surface area (Å²) in [7, 11) is 0. The Bertz CT molecular complexity index is 589. The van der Waals surface area contributed by atoms with Gasteiger partial charge in [0.25, 0.3) is 0 Å². The molecule has 0 aromatic carbocycles. The number of aromatic amines is 1. The van der Waals surface area contributed by atoms with E-state index in [-0.39, 0.29) is 5.60 Å². The van der Waals surface area contributed by atoms with E-state index in [0.29, 0.717) is 6.04 Å². The van der Waals surface area contributed by atoms with Crippen LogP contribution in [0, 0.1) is 0 Å². The van der Waals surface area contributed by atoms with Crippen molar-refractivity contribution in [2.45, 2.75) is 51.8 Å². The van der Waals surface area contributed by atoms with Gasteiger partial charge >= 0.3 is 0 Å². The van der Waals surface area contributed by atoms with Crippen molar-refractivity contribution >= 4 is 0 Å². The van der Waals surface area contributed by atoms with E-state index in [1.807, 2.05) is 12.1 Å². The van der Waals surface area contributed by atoms with Gasteiger partial charge in [0.15, 0.2) is 5.76 Å². The highest BCUT2D eigenvalue weighted by molar-refractivity contribution is 5.51. The molecule has 2 aromatic heterocycles. The van der Waals surface area contributed by atoms with Gasteiger partial charge in [-0.3, -0.25) is 10.00 Å². The zero-order valence-electron chi connectivity index (χ0n) is 13.6. The van der Waals surface area contributed by atoms with Gasteiger partial charge in [-0.05, 0) is 51.4 Å². The molecule has 0 spiro atoms. The lowest BCUT2D eigenvalue weighted by molar-refractivity contribution is -0.0844. The summed E-state index contributed by atoms with van der Waals surface area (Å²) < 4.78 is 11.8. The second-order valence-electron chi connectivity index (χ2n) is 6.55. The summed E-state index contributed by atoms with van der Waals surface area (Å²) >= 11 is 0. The number of hydrogen-bond acceptors (Lipinski definition) is 4. The van der Waals surface area contributed by atoms with E-state index in [1.54, 1.807) is 6.20 Å². The molecule has 0 saturated carbocycles. The molecule has 3 rings (SSSR count). The van der Waals surface area contributed by atoms with Crippen LogP contribution >= 0.6 is 0 Å². The quantitative estimate of drug-likeness (QED) is 0.919. The van der Waals surface area contributed by atoms with Crippen molar-refractivity contribution in [3.05, 3.63) is 30.2 Å². The number of nitrogens with one attached hydrogen (secondary N) is 1. The van der Waals surface area contributed by atoms with E-state index in [4.69, 9.17) is 9.15 Å². The Morgan fingerprint density at radius 1 is 1.36 bits per heavy atom. The molecule has 22 heavy (non-hydrogen) atoms. The molecule has 0 aliphatic carbocycles. The van der Waals surface area contributed by atoms with Crippen molar-refractivity contribution in [3.63, 3.8) is 0 Å². The minimum Gasteiger partial charge on any atom is -0.458 e. The highest BCUT2D eigenvalue weighted by Crippen LogP contribution is 2.29. The monoisotopic (exact) mass is 303 g/mol. The molecule has 1 N–H and O–H groups in total. The third-order valence-electron chi connectivity index (χ3n) is 4.38. The standard InChI is InChI=1S/C17H25N3O2/c1-4-20(13-8-10-21-17(2,3)11-13)12-14-5-6-16(22-14)15-7-9-18-19-15/h5-7,9,13H,4,8,10-12H2,1-3H3,(H,18,19)/t13-/m0/s1. The topological polar surface area (TPSA) is 54.3 Å². The average molecular weight is 303 g/mol. The van der Waals surface area contributed by atoms with Gasteiger partial charge in [-0.1, -0.05) is 6.92 Å².